The normalized spacial score (nSPS) is 15.8. The lowest BCUT2D eigenvalue weighted by Gasteiger charge is -2.28. The van der Waals surface area contributed by atoms with Crippen molar-refractivity contribution in [2.45, 2.75) is 37.6 Å². The number of hydrogen-bond acceptors (Lipinski definition) is 2. The average molecular weight is 309 g/mol. The summed E-state index contributed by atoms with van der Waals surface area (Å²) in [4.78, 5) is 12.9. The van der Waals surface area contributed by atoms with Gasteiger partial charge in [0.15, 0.2) is 0 Å². The van der Waals surface area contributed by atoms with Gasteiger partial charge in [0.05, 0.1) is 18.1 Å². The lowest BCUT2D eigenvalue weighted by atomic mass is 9.83. The molecule has 3 nitrogen and oxygen atoms in total. The molecule has 2 aromatic rings. The second-order valence-electron chi connectivity index (χ2n) is 6.76. The van der Waals surface area contributed by atoms with Crippen LogP contribution in [-0.4, -0.2) is 13.0 Å². The molecule has 1 N–H and O–H groups in total. The van der Waals surface area contributed by atoms with E-state index >= 15 is 0 Å². The van der Waals surface area contributed by atoms with Crippen molar-refractivity contribution in [2.24, 2.45) is 0 Å². The Balaban J connectivity index is 1.79. The van der Waals surface area contributed by atoms with Gasteiger partial charge in [0, 0.05) is 0 Å². The van der Waals surface area contributed by atoms with Gasteiger partial charge in [-0.1, -0.05) is 42.5 Å². The Hall–Kier alpha value is -2.29. The molecule has 120 valence electrons. The summed E-state index contributed by atoms with van der Waals surface area (Å²) in [7, 11) is 1.64. The molecule has 0 aliphatic heterocycles. The molecule has 3 heteroatoms. The van der Waals surface area contributed by atoms with E-state index in [0.29, 0.717) is 0 Å². The highest BCUT2D eigenvalue weighted by molar-refractivity contribution is 5.88. The average Bonchev–Trinajstić information content (AvgIpc) is 3.36. The van der Waals surface area contributed by atoms with Crippen LogP contribution in [0.3, 0.4) is 0 Å². The van der Waals surface area contributed by atoms with Gasteiger partial charge in [0.2, 0.25) is 5.91 Å². The SMILES string of the molecule is COc1ccc(C(C)(C)C(=O)NC2(c3ccccc3)CC2)cc1. The molecule has 0 atom stereocenters. The van der Waals surface area contributed by atoms with E-state index in [1.165, 1.54) is 5.56 Å². The van der Waals surface area contributed by atoms with Crippen LogP contribution in [-0.2, 0) is 15.7 Å². The minimum Gasteiger partial charge on any atom is -0.497 e. The Bertz CT molecular complexity index is 685. The van der Waals surface area contributed by atoms with Crippen molar-refractivity contribution >= 4 is 5.91 Å². The molecule has 0 saturated heterocycles. The van der Waals surface area contributed by atoms with Crippen LogP contribution in [0.4, 0.5) is 0 Å². The van der Waals surface area contributed by atoms with Crippen molar-refractivity contribution in [3.05, 3.63) is 65.7 Å². The Morgan fingerprint density at radius 3 is 2.17 bits per heavy atom. The molecule has 0 spiro atoms. The van der Waals surface area contributed by atoms with Crippen molar-refractivity contribution in [1.82, 2.24) is 5.32 Å². The van der Waals surface area contributed by atoms with Gasteiger partial charge in [-0.05, 0) is 49.9 Å². The summed E-state index contributed by atoms with van der Waals surface area (Å²) in [6.07, 6.45) is 2.00. The highest BCUT2D eigenvalue weighted by Crippen LogP contribution is 2.46. The number of benzene rings is 2. The molecule has 0 aromatic heterocycles. The Kier molecular flexibility index (Phi) is 3.88. The van der Waals surface area contributed by atoms with Crippen LogP contribution in [0.15, 0.2) is 54.6 Å². The van der Waals surface area contributed by atoms with Gasteiger partial charge < -0.3 is 10.1 Å². The lowest BCUT2D eigenvalue weighted by Crippen LogP contribution is -2.45. The Morgan fingerprint density at radius 1 is 1.04 bits per heavy atom. The van der Waals surface area contributed by atoms with Gasteiger partial charge in [-0.25, -0.2) is 0 Å². The molecule has 2 aromatic carbocycles. The highest BCUT2D eigenvalue weighted by atomic mass is 16.5. The van der Waals surface area contributed by atoms with Gasteiger partial charge in [0.25, 0.3) is 0 Å². The van der Waals surface area contributed by atoms with Crippen LogP contribution in [0.25, 0.3) is 0 Å². The van der Waals surface area contributed by atoms with Crippen molar-refractivity contribution in [3.63, 3.8) is 0 Å². The fourth-order valence-electron chi connectivity index (χ4n) is 2.88. The summed E-state index contributed by atoms with van der Waals surface area (Å²) < 4.78 is 5.19. The first-order valence-corrected chi connectivity index (χ1v) is 8.01. The summed E-state index contributed by atoms with van der Waals surface area (Å²) in [5, 5.41) is 3.28. The quantitative estimate of drug-likeness (QED) is 0.913. The standard InChI is InChI=1S/C20H23NO2/c1-19(2,15-9-11-17(23-3)12-10-15)18(22)21-20(13-14-20)16-7-5-4-6-8-16/h4-12H,13-14H2,1-3H3,(H,21,22). The molecule has 3 rings (SSSR count). The molecule has 1 aliphatic carbocycles. The zero-order valence-corrected chi connectivity index (χ0v) is 13.9. The van der Waals surface area contributed by atoms with Crippen LogP contribution in [0.2, 0.25) is 0 Å². The van der Waals surface area contributed by atoms with E-state index in [0.717, 1.165) is 24.2 Å². The number of ether oxygens (including phenoxy) is 1. The van der Waals surface area contributed by atoms with Crippen LogP contribution >= 0.6 is 0 Å². The highest BCUT2D eigenvalue weighted by Gasteiger charge is 2.47. The van der Waals surface area contributed by atoms with Crippen molar-refractivity contribution in [3.8, 4) is 5.75 Å². The van der Waals surface area contributed by atoms with Gasteiger partial charge in [-0.15, -0.1) is 0 Å². The first kappa shape index (κ1) is 15.6. The fraction of sp³-hybridized carbons (Fsp3) is 0.350. The molecule has 1 amide bonds. The summed E-state index contributed by atoms with van der Waals surface area (Å²) in [6.45, 7) is 3.93. The maximum atomic E-state index is 12.9. The van der Waals surface area contributed by atoms with Crippen LogP contribution in [0, 0.1) is 0 Å². The second-order valence-corrected chi connectivity index (χ2v) is 6.76. The first-order valence-electron chi connectivity index (χ1n) is 8.01. The van der Waals surface area contributed by atoms with Crippen molar-refractivity contribution < 1.29 is 9.53 Å². The van der Waals surface area contributed by atoms with E-state index < -0.39 is 5.41 Å². The largest absolute Gasteiger partial charge is 0.497 e. The monoisotopic (exact) mass is 309 g/mol. The molecule has 1 fully saturated rings. The number of hydrogen-bond donors (Lipinski definition) is 1. The predicted molar refractivity (Wildman–Crippen MR) is 91.5 cm³/mol. The Labute approximate surface area is 137 Å². The lowest BCUT2D eigenvalue weighted by molar-refractivity contribution is -0.126. The van der Waals surface area contributed by atoms with Crippen LogP contribution < -0.4 is 10.1 Å². The molecule has 0 heterocycles. The summed E-state index contributed by atoms with van der Waals surface area (Å²) in [5.41, 5.74) is 1.41. The zero-order chi connectivity index (χ0) is 16.5. The third kappa shape index (κ3) is 2.96. The van der Waals surface area contributed by atoms with E-state index in [4.69, 9.17) is 4.74 Å². The molecule has 23 heavy (non-hydrogen) atoms. The fourth-order valence-corrected chi connectivity index (χ4v) is 2.88. The van der Waals surface area contributed by atoms with Gasteiger partial charge >= 0.3 is 0 Å². The number of rotatable bonds is 5. The van der Waals surface area contributed by atoms with E-state index in [1.807, 2.05) is 56.3 Å². The maximum absolute atomic E-state index is 12.9. The second kappa shape index (κ2) is 5.73. The third-order valence-corrected chi connectivity index (χ3v) is 4.81. The van der Waals surface area contributed by atoms with E-state index in [2.05, 4.69) is 17.4 Å². The van der Waals surface area contributed by atoms with Gasteiger partial charge in [-0.3, -0.25) is 4.79 Å². The summed E-state index contributed by atoms with van der Waals surface area (Å²) in [6, 6.07) is 17.9. The maximum Gasteiger partial charge on any atom is 0.230 e. The predicted octanol–water partition coefficient (Wildman–Crippen LogP) is 3.78. The molecule has 0 bridgehead atoms. The minimum absolute atomic E-state index is 0.0593. The Morgan fingerprint density at radius 2 is 1.65 bits per heavy atom. The minimum atomic E-state index is -0.587. The van der Waals surface area contributed by atoms with Gasteiger partial charge in [0.1, 0.15) is 5.75 Å². The number of methoxy groups -OCH3 is 1. The van der Waals surface area contributed by atoms with E-state index in [9.17, 15) is 4.79 Å². The topological polar surface area (TPSA) is 38.3 Å². The zero-order valence-electron chi connectivity index (χ0n) is 13.9. The molecule has 1 saturated carbocycles. The van der Waals surface area contributed by atoms with Crippen LogP contribution in [0.1, 0.15) is 37.8 Å². The third-order valence-electron chi connectivity index (χ3n) is 4.81. The molecule has 0 radical (unpaired) electrons. The number of carbonyl (C=O) groups is 1. The summed E-state index contributed by atoms with van der Waals surface area (Å²) >= 11 is 0. The van der Waals surface area contributed by atoms with E-state index in [-0.39, 0.29) is 11.4 Å². The number of carbonyl (C=O) groups excluding carboxylic acids is 1. The van der Waals surface area contributed by atoms with Gasteiger partial charge in [-0.2, -0.15) is 0 Å². The van der Waals surface area contributed by atoms with E-state index in [1.54, 1.807) is 7.11 Å². The molecule has 0 unspecified atom stereocenters. The van der Waals surface area contributed by atoms with Crippen molar-refractivity contribution in [1.29, 1.82) is 0 Å². The number of amides is 1. The first-order chi connectivity index (χ1) is 11.0. The van der Waals surface area contributed by atoms with Crippen LogP contribution in [0.5, 0.6) is 5.75 Å². The molecular weight excluding hydrogens is 286 g/mol. The smallest absolute Gasteiger partial charge is 0.230 e. The summed E-state index contributed by atoms with van der Waals surface area (Å²) in [5.74, 6) is 0.858. The number of nitrogens with one attached hydrogen (secondary N) is 1. The van der Waals surface area contributed by atoms with Crippen molar-refractivity contribution in [2.75, 3.05) is 7.11 Å². The molecule has 1 aliphatic rings. The molecular formula is C20H23NO2.